The van der Waals surface area contributed by atoms with Gasteiger partial charge in [0.05, 0.1) is 4.88 Å². The summed E-state index contributed by atoms with van der Waals surface area (Å²) < 4.78 is 27.0. The topological polar surface area (TPSA) is 92.5 Å². The van der Waals surface area contributed by atoms with Gasteiger partial charge in [0.2, 0.25) is 0 Å². The molecule has 8 heteroatoms. The lowest BCUT2D eigenvalue weighted by molar-refractivity contribution is 0.0957. The van der Waals surface area contributed by atoms with Crippen molar-refractivity contribution < 1.29 is 13.2 Å². The minimum Gasteiger partial charge on any atom is -0.351 e. The predicted octanol–water partition coefficient (Wildman–Crippen LogP) is 1.64. The maximum atomic E-state index is 12.6. The second kappa shape index (κ2) is 7.74. The average Bonchev–Trinajstić information content (AvgIpc) is 2.98. The molecule has 1 aliphatic rings. The van der Waals surface area contributed by atoms with Crippen LogP contribution in [0.3, 0.4) is 0 Å². The first-order valence-electron chi connectivity index (χ1n) is 7.94. The van der Waals surface area contributed by atoms with Crippen LogP contribution in [0, 0.1) is 5.92 Å². The van der Waals surface area contributed by atoms with E-state index >= 15 is 0 Å². The molecule has 1 aromatic heterocycles. The van der Waals surface area contributed by atoms with Gasteiger partial charge in [-0.15, -0.1) is 11.3 Å². The van der Waals surface area contributed by atoms with Gasteiger partial charge in [0.25, 0.3) is 15.9 Å². The van der Waals surface area contributed by atoms with E-state index in [1.807, 2.05) is 6.92 Å². The molecule has 0 saturated carbocycles. The second-order valence-electron chi connectivity index (χ2n) is 6.23. The van der Waals surface area contributed by atoms with E-state index in [0.29, 0.717) is 36.9 Å². The van der Waals surface area contributed by atoms with Crippen LogP contribution in [0.4, 0.5) is 0 Å². The highest BCUT2D eigenvalue weighted by Gasteiger charge is 2.29. The van der Waals surface area contributed by atoms with E-state index in [2.05, 4.69) is 12.2 Å². The molecule has 1 unspecified atom stereocenters. The molecule has 2 heterocycles. The van der Waals surface area contributed by atoms with E-state index in [4.69, 9.17) is 5.73 Å². The molecule has 0 aromatic carbocycles. The van der Waals surface area contributed by atoms with E-state index in [1.54, 1.807) is 6.07 Å². The molecule has 0 radical (unpaired) electrons. The summed E-state index contributed by atoms with van der Waals surface area (Å²) in [6.07, 6.45) is 2.46. The monoisotopic (exact) mass is 359 g/mol. The van der Waals surface area contributed by atoms with Gasteiger partial charge >= 0.3 is 0 Å². The number of nitrogens with zero attached hydrogens (tertiary/aromatic N) is 1. The van der Waals surface area contributed by atoms with Crippen LogP contribution in [0.25, 0.3) is 0 Å². The summed E-state index contributed by atoms with van der Waals surface area (Å²) in [6, 6.07) is 3.13. The lowest BCUT2D eigenvalue weighted by Gasteiger charge is -2.28. The summed E-state index contributed by atoms with van der Waals surface area (Å²) in [7, 11) is -3.48. The molecule has 1 saturated heterocycles. The molecule has 1 amide bonds. The van der Waals surface area contributed by atoms with E-state index in [0.717, 1.165) is 24.2 Å². The number of piperidine rings is 1. The molecule has 2 rings (SSSR count). The van der Waals surface area contributed by atoms with Crippen LogP contribution in [0.2, 0.25) is 0 Å². The smallest absolute Gasteiger partial charge is 0.261 e. The summed E-state index contributed by atoms with van der Waals surface area (Å²) in [5.74, 6) is 0.320. The Kier molecular flexibility index (Phi) is 6.19. The standard InChI is InChI=1S/C15H25N3O3S2/c1-11-6-9-18(10-7-11)23(20,21)14-4-3-13(22-14)15(19)17-8-5-12(2)16/h3-4,11-12H,5-10,16H2,1-2H3,(H,17,19). The Balaban J connectivity index is 2.01. The fourth-order valence-corrected chi connectivity index (χ4v) is 5.28. The normalized spacial score (nSPS) is 18.7. The first kappa shape index (κ1) is 18.4. The Labute approximate surface area is 142 Å². The van der Waals surface area contributed by atoms with Crippen molar-refractivity contribution in [2.24, 2.45) is 11.7 Å². The van der Waals surface area contributed by atoms with Crippen molar-refractivity contribution in [2.45, 2.75) is 43.4 Å². The molecule has 1 atom stereocenters. The number of rotatable bonds is 6. The highest BCUT2D eigenvalue weighted by atomic mass is 32.2. The molecule has 1 aliphatic heterocycles. The largest absolute Gasteiger partial charge is 0.351 e. The third kappa shape index (κ3) is 4.76. The van der Waals surface area contributed by atoms with Gasteiger partial charge in [0.1, 0.15) is 4.21 Å². The van der Waals surface area contributed by atoms with Crippen molar-refractivity contribution in [3.8, 4) is 0 Å². The highest BCUT2D eigenvalue weighted by Crippen LogP contribution is 2.28. The molecule has 3 N–H and O–H groups in total. The fraction of sp³-hybridized carbons (Fsp3) is 0.667. The molecule has 0 bridgehead atoms. The number of thiophene rings is 1. The van der Waals surface area contributed by atoms with Gasteiger partial charge in [-0.3, -0.25) is 4.79 Å². The van der Waals surface area contributed by atoms with Crippen LogP contribution in [-0.4, -0.2) is 44.3 Å². The molecule has 1 fully saturated rings. The Bertz CT molecular complexity index is 632. The molecule has 1 aromatic rings. The number of carbonyl (C=O) groups excluding carboxylic acids is 1. The van der Waals surface area contributed by atoms with Crippen molar-refractivity contribution in [1.29, 1.82) is 0 Å². The van der Waals surface area contributed by atoms with Crippen LogP contribution >= 0.6 is 11.3 Å². The van der Waals surface area contributed by atoms with Crippen LogP contribution in [0.1, 0.15) is 42.8 Å². The molecule has 0 spiro atoms. The number of nitrogens with two attached hydrogens (primary N) is 1. The van der Waals surface area contributed by atoms with E-state index in [-0.39, 0.29) is 16.2 Å². The zero-order valence-corrected chi connectivity index (χ0v) is 15.3. The Morgan fingerprint density at radius 3 is 2.70 bits per heavy atom. The molecular weight excluding hydrogens is 334 g/mol. The number of sulfonamides is 1. The number of hydrogen-bond acceptors (Lipinski definition) is 5. The maximum Gasteiger partial charge on any atom is 0.261 e. The Morgan fingerprint density at radius 2 is 2.09 bits per heavy atom. The Hall–Kier alpha value is -0.960. The van der Waals surface area contributed by atoms with Crippen LogP contribution in [-0.2, 0) is 10.0 Å². The lowest BCUT2D eigenvalue weighted by atomic mass is 10.0. The van der Waals surface area contributed by atoms with E-state index < -0.39 is 10.0 Å². The van der Waals surface area contributed by atoms with Crippen LogP contribution in [0.5, 0.6) is 0 Å². The molecule has 130 valence electrons. The number of nitrogens with one attached hydrogen (secondary N) is 1. The zero-order valence-electron chi connectivity index (χ0n) is 13.6. The third-order valence-electron chi connectivity index (χ3n) is 4.03. The minimum absolute atomic E-state index is 0.0241. The third-order valence-corrected chi connectivity index (χ3v) is 7.48. The van der Waals surface area contributed by atoms with Crippen LogP contribution in [0.15, 0.2) is 16.3 Å². The quantitative estimate of drug-likeness (QED) is 0.807. The summed E-state index contributed by atoms with van der Waals surface area (Å²) in [5, 5.41) is 2.76. The van der Waals surface area contributed by atoms with Gasteiger partial charge in [-0.05, 0) is 44.2 Å². The minimum atomic E-state index is -3.48. The van der Waals surface area contributed by atoms with Gasteiger partial charge in [-0.2, -0.15) is 4.31 Å². The van der Waals surface area contributed by atoms with Crippen molar-refractivity contribution in [3.63, 3.8) is 0 Å². The number of carbonyl (C=O) groups is 1. The first-order chi connectivity index (χ1) is 10.8. The molecule has 23 heavy (non-hydrogen) atoms. The zero-order chi connectivity index (χ0) is 17.0. The van der Waals surface area contributed by atoms with Crippen molar-refractivity contribution in [1.82, 2.24) is 9.62 Å². The lowest BCUT2D eigenvalue weighted by Crippen LogP contribution is -2.37. The van der Waals surface area contributed by atoms with Gasteiger partial charge in [-0.1, -0.05) is 6.92 Å². The second-order valence-corrected chi connectivity index (χ2v) is 9.48. The SMILES string of the molecule is CC(N)CCNC(=O)c1ccc(S(=O)(=O)N2CCC(C)CC2)s1. The number of hydrogen-bond donors (Lipinski definition) is 2. The van der Waals surface area contributed by atoms with Crippen molar-refractivity contribution in [2.75, 3.05) is 19.6 Å². The predicted molar refractivity (Wildman–Crippen MR) is 92.1 cm³/mol. The number of amides is 1. The maximum absolute atomic E-state index is 12.6. The van der Waals surface area contributed by atoms with Crippen molar-refractivity contribution in [3.05, 3.63) is 17.0 Å². The Morgan fingerprint density at radius 1 is 1.43 bits per heavy atom. The summed E-state index contributed by atoms with van der Waals surface area (Å²) >= 11 is 1.03. The van der Waals surface area contributed by atoms with Gasteiger partial charge in [-0.25, -0.2) is 8.42 Å². The summed E-state index contributed by atoms with van der Waals surface area (Å²) in [4.78, 5) is 12.5. The average molecular weight is 360 g/mol. The highest BCUT2D eigenvalue weighted by molar-refractivity contribution is 7.91. The summed E-state index contributed by atoms with van der Waals surface area (Å²) in [5.41, 5.74) is 5.64. The van der Waals surface area contributed by atoms with E-state index in [1.165, 1.54) is 10.4 Å². The van der Waals surface area contributed by atoms with Gasteiger partial charge < -0.3 is 11.1 Å². The van der Waals surface area contributed by atoms with Crippen LogP contribution < -0.4 is 11.1 Å². The van der Waals surface area contributed by atoms with Crippen molar-refractivity contribution >= 4 is 27.3 Å². The fourth-order valence-electron chi connectivity index (χ4n) is 2.43. The molecule has 6 nitrogen and oxygen atoms in total. The molecule has 0 aliphatic carbocycles. The van der Waals surface area contributed by atoms with E-state index in [9.17, 15) is 13.2 Å². The first-order valence-corrected chi connectivity index (χ1v) is 10.2. The van der Waals surface area contributed by atoms with Gasteiger partial charge in [0.15, 0.2) is 0 Å². The van der Waals surface area contributed by atoms with Gasteiger partial charge in [0, 0.05) is 25.7 Å². The molecular formula is C15H25N3O3S2. The summed E-state index contributed by atoms with van der Waals surface area (Å²) in [6.45, 7) is 5.61.